The molecule has 0 aliphatic heterocycles. The first kappa shape index (κ1) is 15.2. The Morgan fingerprint density at radius 1 is 1.29 bits per heavy atom. The number of benzene rings is 2. The number of likely N-dealkylation sites (N-methyl/N-ethyl adjacent to an activating group) is 1. The van der Waals surface area contributed by atoms with Gasteiger partial charge in [-0.3, -0.25) is 4.79 Å². The molecule has 110 valence electrons. The van der Waals surface area contributed by atoms with Crippen molar-refractivity contribution < 1.29 is 4.79 Å². The SMILES string of the molecule is Cc1ccccc1N(C)CC(=O)Nc1cc(N)ccc1Cl. The summed E-state index contributed by atoms with van der Waals surface area (Å²) in [6.07, 6.45) is 0. The number of amides is 1. The van der Waals surface area contributed by atoms with Gasteiger partial charge in [0.1, 0.15) is 0 Å². The summed E-state index contributed by atoms with van der Waals surface area (Å²) in [7, 11) is 1.88. The van der Waals surface area contributed by atoms with E-state index in [2.05, 4.69) is 5.32 Å². The van der Waals surface area contributed by atoms with E-state index in [9.17, 15) is 4.79 Å². The average molecular weight is 304 g/mol. The number of rotatable bonds is 4. The molecule has 5 heteroatoms. The number of nitrogens with two attached hydrogens (primary N) is 1. The molecular weight excluding hydrogens is 286 g/mol. The Hall–Kier alpha value is -2.20. The van der Waals surface area contributed by atoms with E-state index >= 15 is 0 Å². The summed E-state index contributed by atoms with van der Waals surface area (Å²) in [5.74, 6) is -0.145. The third-order valence-corrected chi connectivity index (χ3v) is 3.50. The molecule has 2 aromatic rings. The molecule has 0 bridgehead atoms. The number of nitrogens with one attached hydrogen (secondary N) is 1. The van der Waals surface area contributed by atoms with Gasteiger partial charge in [0.2, 0.25) is 5.91 Å². The fraction of sp³-hybridized carbons (Fsp3) is 0.188. The molecule has 0 spiro atoms. The zero-order valence-corrected chi connectivity index (χ0v) is 12.8. The summed E-state index contributed by atoms with van der Waals surface area (Å²) in [4.78, 5) is 14.0. The third-order valence-electron chi connectivity index (χ3n) is 3.17. The highest BCUT2D eigenvalue weighted by Crippen LogP contribution is 2.24. The lowest BCUT2D eigenvalue weighted by atomic mass is 10.2. The maximum absolute atomic E-state index is 12.1. The fourth-order valence-electron chi connectivity index (χ4n) is 2.12. The number of anilines is 3. The Kier molecular flexibility index (Phi) is 4.70. The van der Waals surface area contributed by atoms with E-state index in [1.165, 1.54) is 0 Å². The molecule has 21 heavy (non-hydrogen) atoms. The second-order valence-electron chi connectivity index (χ2n) is 4.93. The van der Waals surface area contributed by atoms with E-state index < -0.39 is 0 Å². The summed E-state index contributed by atoms with van der Waals surface area (Å²) < 4.78 is 0. The van der Waals surface area contributed by atoms with Crippen molar-refractivity contribution in [3.05, 3.63) is 53.1 Å². The van der Waals surface area contributed by atoms with Gasteiger partial charge in [0.15, 0.2) is 0 Å². The summed E-state index contributed by atoms with van der Waals surface area (Å²) in [6, 6.07) is 12.9. The van der Waals surface area contributed by atoms with Crippen molar-refractivity contribution in [2.24, 2.45) is 0 Å². The van der Waals surface area contributed by atoms with E-state index in [1.807, 2.05) is 43.1 Å². The molecule has 0 atom stereocenters. The van der Waals surface area contributed by atoms with Gasteiger partial charge < -0.3 is 16.0 Å². The number of nitrogens with zero attached hydrogens (tertiary/aromatic N) is 1. The Morgan fingerprint density at radius 2 is 2.00 bits per heavy atom. The monoisotopic (exact) mass is 303 g/mol. The van der Waals surface area contributed by atoms with Crippen LogP contribution in [-0.2, 0) is 4.79 Å². The Morgan fingerprint density at radius 3 is 2.71 bits per heavy atom. The van der Waals surface area contributed by atoms with Crippen molar-refractivity contribution in [3.8, 4) is 0 Å². The zero-order chi connectivity index (χ0) is 15.4. The van der Waals surface area contributed by atoms with Crippen LogP contribution in [0.1, 0.15) is 5.56 Å². The maximum Gasteiger partial charge on any atom is 0.243 e. The highest BCUT2D eigenvalue weighted by atomic mass is 35.5. The van der Waals surface area contributed by atoms with Gasteiger partial charge in [-0.25, -0.2) is 0 Å². The minimum atomic E-state index is -0.145. The number of carbonyl (C=O) groups is 1. The standard InChI is InChI=1S/C16H18ClN3O/c1-11-5-3-4-6-15(11)20(2)10-16(21)19-14-9-12(18)7-8-13(14)17/h3-9H,10,18H2,1-2H3,(H,19,21). The van der Waals surface area contributed by atoms with Crippen LogP contribution in [0, 0.1) is 6.92 Å². The second-order valence-corrected chi connectivity index (χ2v) is 5.34. The minimum Gasteiger partial charge on any atom is -0.399 e. The number of hydrogen-bond donors (Lipinski definition) is 2. The van der Waals surface area contributed by atoms with Gasteiger partial charge in [0, 0.05) is 18.4 Å². The van der Waals surface area contributed by atoms with Gasteiger partial charge in [0.25, 0.3) is 0 Å². The highest BCUT2D eigenvalue weighted by molar-refractivity contribution is 6.33. The second kappa shape index (κ2) is 6.50. The molecule has 0 saturated heterocycles. The zero-order valence-electron chi connectivity index (χ0n) is 12.1. The van der Waals surface area contributed by atoms with Crippen LogP contribution in [0.2, 0.25) is 5.02 Å². The lowest BCUT2D eigenvalue weighted by Gasteiger charge is -2.21. The van der Waals surface area contributed by atoms with Crippen molar-refractivity contribution >= 4 is 34.6 Å². The summed E-state index contributed by atoms with van der Waals surface area (Å²) in [6.45, 7) is 2.24. The largest absolute Gasteiger partial charge is 0.399 e. The van der Waals surface area contributed by atoms with Gasteiger partial charge in [-0.15, -0.1) is 0 Å². The number of hydrogen-bond acceptors (Lipinski definition) is 3. The average Bonchev–Trinajstić information content (AvgIpc) is 2.43. The van der Waals surface area contributed by atoms with E-state index in [0.29, 0.717) is 16.4 Å². The van der Waals surface area contributed by atoms with Crippen molar-refractivity contribution in [2.45, 2.75) is 6.92 Å². The van der Waals surface area contributed by atoms with Crippen LogP contribution in [0.5, 0.6) is 0 Å². The van der Waals surface area contributed by atoms with E-state index in [1.54, 1.807) is 18.2 Å². The Labute approximate surface area is 129 Å². The molecule has 1 amide bonds. The lowest BCUT2D eigenvalue weighted by molar-refractivity contribution is -0.114. The molecule has 0 fully saturated rings. The quantitative estimate of drug-likeness (QED) is 0.852. The molecule has 0 aliphatic carbocycles. The van der Waals surface area contributed by atoms with Gasteiger partial charge in [0.05, 0.1) is 17.3 Å². The normalized spacial score (nSPS) is 10.2. The van der Waals surface area contributed by atoms with E-state index in [-0.39, 0.29) is 12.5 Å². The first-order valence-corrected chi connectivity index (χ1v) is 6.97. The van der Waals surface area contributed by atoms with Crippen LogP contribution < -0.4 is 16.0 Å². The van der Waals surface area contributed by atoms with Crippen molar-refractivity contribution in [1.82, 2.24) is 0 Å². The smallest absolute Gasteiger partial charge is 0.243 e. The predicted molar refractivity (Wildman–Crippen MR) is 88.9 cm³/mol. The van der Waals surface area contributed by atoms with Gasteiger partial charge in [-0.2, -0.15) is 0 Å². The van der Waals surface area contributed by atoms with E-state index in [0.717, 1.165) is 11.3 Å². The number of aryl methyl sites for hydroxylation is 1. The molecule has 0 heterocycles. The first-order chi connectivity index (χ1) is 9.97. The molecule has 0 saturated carbocycles. The molecule has 2 aromatic carbocycles. The summed E-state index contributed by atoms with van der Waals surface area (Å²) in [5.41, 5.74) is 8.92. The van der Waals surface area contributed by atoms with E-state index in [4.69, 9.17) is 17.3 Å². The van der Waals surface area contributed by atoms with Crippen LogP contribution >= 0.6 is 11.6 Å². The van der Waals surface area contributed by atoms with Crippen LogP contribution in [0.15, 0.2) is 42.5 Å². The molecule has 4 nitrogen and oxygen atoms in total. The predicted octanol–water partition coefficient (Wildman–Crippen LogP) is 3.31. The van der Waals surface area contributed by atoms with Gasteiger partial charge >= 0.3 is 0 Å². The molecule has 0 aliphatic rings. The first-order valence-electron chi connectivity index (χ1n) is 6.59. The topological polar surface area (TPSA) is 58.4 Å². The Balaban J connectivity index is 2.05. The number of para-hydroxylation sites is 1. The molecular formula is C16H18ClN3O. The molecule has 0 aromatic heterocycles. The molecule has 0 radical (unpaired) electrons. The molecule has 0 unspecified atom stereocenters. The van der Waals surface area contributed by atoms with Crippen molar-refractivity contribution in [2.75, 3.05) is 29.5 Å². The van der Waals surface area contributed by atoms with Crippen molar-refractivity contribution in [1.29, 1.82) is 0 Å². The van der Waals surface area contributed by atoms with Crippen LogP contribution in [0.4, 0.5) is 17.1 Å². The number of nitrogen functional groups attached to an aromatic ring is 1. The van der Waals surface area contributed by atoms with Gasteiger partial charge in [-0.05, 0) is 36.8 Å². The van der Waals surface area contributed by atoms with Crippen molar-refractivity contribution in [3.63, 3.8) is 0 Å². The van der Waals surface area contributed by atoms with Crippen LogP contribution in [0.25, 0.3) is 0 Å². The third kappa shape index (κ3) is 3.89. The van der Waals surface area contributed by atoms with Crippen LogP contribution in [0.3, 0.4) is 0 Å². The number of carbonyl (C=O) groups excluding carboxylic acids is 1. The van der Waals surface area contributed by atoms with Crippen LogP contribution in [-0.4, -0.2) is 19.5 Å². The molecule has 3 N–H and O–H groups in total. The Bertz CT molecular complexity index is 658. The number of halogens is 1. The van der Waals surface area contributed by atoms with Gasteiger partial charge in [-0.1, -0.05) is 29.8 Å². The highest BCUT2D eigenvalue weighted by Gasteiger charge is 2.11. The summed E-state index contributed by atoms with van der Waals surface area (Å²) in [5, 5.41) is 3.25. The summed E-state index contributed by atoms with van der Waals surface area (Å²) >= 11 is 6.04. The molecule has 2 rings (SSSR count). The fourth-order valence-corrected chi connectivity index (χ4v) is 2.29. The minimum absolute atomic E-state index is 0.145. The maximum atomic E-state index is 12.1. The lowest BCUT2D eigenvalue weighted by Crippen LogP contribution is -2.30.